The van der Waals surface area contributed by atoms with Crippen molar-refractivity contribution in [3.63, 3.8) is 0 Å². The number of carbonyl (C=O) groups is 1. The Labute approximate surface area is 131 Å². The van der Waals surface area contributed by atoms with Crippen molar-refractivity contribution >= 4 is 17.3 Å². The summed E-state index contributed by atoms with van der Waals surface area (Å²) in [4.78, 5) is 11.9. The van der Waals surface area contributed by atoms with E-state index in [2.05, 4.69) is 5.32 Å². The smallest absolute Gasteiger partial charge is 0.224 e. The number of rotatable bonds is 6. The zero-order valence-corrected chi connectivity index (χ0v) is 13.1. The Morgan fingerprint density at radius 3 is 2.64 bits per heavy atom. The predicted octanol–water partition coefficient (Wildman–Crippen LogP) is 3.68. The lowest BCUT2D eigenvalue weighted by Crippen LogP contribution is -2.13. The molecule has 0 heterocycles. The molecule has 0 unspecified atom stereocenters. The van der Waals surface area contributed by atoms with E-state index >= 15 is 0 Å². The van der Waals surface area contributed by atoms with Crippen molar-refractivity contribution in [3.05, 3.63) is 53.6 Å². The van der Waals surface area contributed by atoms with Crippen LogP contribution in [0.1, 0.15) is 24.0 Å². The normalized spacial score (nSPS) is 10.3. The van der Waals surface area contributed by atoms with Crippen molar-refractivity contribution in [2.24, 2.45) is 0 Å². The maximum atomic E-state index is 11.9. The van der Waals surface area contributed by atoms with Gasteiger partial charge in [0.15, 0.2) is 0 Å². The molecule has 4 nitrogen and oxygen atoms in total. The Balaban J connectivity index is 1.74. The van der Waals surface area contributed by atoms with Crippen LogP contribution in [0.2, 0.25) is 0 Å². The SMILES string of the molecule is Cc1ccc(NC(=O)CCCOc2ccccc2N)cc1C. The van der Waals surface area contributed by atoms with E-state index in [0.717, 1.165) is 5.69 Å². The third-order valence-electron chi connectivity index (χ3n) is 3.52. The molecule has 1 amide bonds. The molecule has 0 saturated heterocycles. The van der Waals surface area contributed by atoms with E-state index in [1.165, 1.54) is 11.1 Å². The molecule has 2 aromatic rings. The third-order valence-corrected chi connectivity index (χ3v) is 3.52. The zero-order valence-electron chi connectivity index (χ0n) is 13.1. The topological polar surface area (TPSA) is 64.3 Å². The molecule has 0 aliphatic heterocycles. The average molecular weight is 298 g/mol. The molecule has 0 aliphatic rings. The first-order valence-corrected chi connectivity index (χ1v) is 7.40. The van der Waals surface area contributed by atoms with Crippen molar-refractivity contribution < 1.29 is 9.53 Å². The van der Waals surface area contributed by atoms with Crippen molar-refractivity contribution in [1.29, 1.82) is 0 Å². The van der Waals surface area contributed by atoms with Gasteiger partial charge >= 0.3 is 0 Å². The highest BCUT2D eigenvalue weighted by Gasteiger charge is 2.04. The van der Waals surface area contributed by atoms with Gasteiger partial charge in [-0.3, -0.25) is 4.79 Å². The molecular weight excluding hydrogens is 276 g/mol. The minimum atomic E-state index is -0.00659. The fraction of sp³-hybridized carbons (Fsp3) is 0.278. The summed E-state index contributed by atoms with van der Waals surface area (Å²) in [6, 6.07) is 13.3. The zero-order chi connectivity index (χ0) is 15.9. The average Bonchev–Trinajstić information content (AvgIpc) is 2.49. The van der Waals surface area contributed by atoms with Crippen molar-refractivity contribution in [2.75, 3.05) is 17.7 Å². The summed E-state index contributed by atoms with van der Waals surface area (Å²) < 4.78 is 5.57. The molecule has 0 aromatic heterocycles. The van der Waals surface area contributed by atoms with Crippen molar-refractivity contribution in [1.82, 2.24) is 0 Å². The molecule has 4 heteroatoms. The summed E-state index contributed by atoms with van der Waals surface area (Å²) in [6.45, 7) is 4.55. The van der Waals surface area contributed by atoms with Gasteiger partial charge in [-0.15, -0.1) is 0 Å². The molecule has 2 aromatic carbocycles. The maximum Gasteiger partial charge on any atom is 0.224 e. The number of hydrogen-bond donors (Lipinski definition) is 2. The number of ether oxygens (including phenoxy) is 1. The van der Waals surface area contributed by atoms with Gasteiger partial charge < -0.3 is 15.8 Å². The first-order chi connectivity index (χ1) is 10.6. The predicted molar refractivity (Wildman–Crippen MR) is 90.1 cm³/mol. The van der Waals surface area contributed by atoms with Crippen LogP contribution in [0.15, 0.2) is 42.5 Å². The summed E-state index contributed by atoms with van der Waals surface area (Å²) in [7, 11) is 0. The summed E-state index contributed by atoms with van der Waals surface area (Å²) in [5, 5.41) is 2.90. The number of nitrogens with one attached hydrogen (secondary N) is 1. The van der Waals surface area contributed by atoms with Crippen molar-refractivity contribution in [2.45, 2.75) is 26.7 Å². The summed E-state index contributed by atoms with van der Waals surface area (Å²) in [5.41, 5.74) is 9.62. The number of nitrogen functional groups attached to an aromatic ring is 1. The number of hydrogen-bond acceptors (Lipinski definition) is 3. The first kappa shape index (κ1) is 15.9. The second-order valence-electron chi connectivity index (χ2n) is 5.34. The van der Waals surface area contributed by atoms with Gasteiger partial charge in [0, 0.05) is 12.1 Å². The molecule has 0 atom stereocenters. The first-order valence-electron chi connectivity index (χ1n) is 7.40. The number of amides is 1. The van der Waals surface area contributed by atoms with Crippen LogP contribution in [0.25, 0.3) is 0 Å². The number of carbonyl (C=O) groups excluding carboxylic acids is 1. The van der Waals surface area contributed by atoms with E-state index in [1.54, 1.807) is 6.07 Å². The Bertz CT molecular complexity index is 653. The molecule has 0 radical (unpaired) electrons. The van der Waals surface area contributed by atoms with Gasteiger partial charge in [0.25, 0.3) is 0 Å². The van der Waals surface area contributed by atoms with E-state index in [4.69, 9.17) is 10.5 Å². The standard InChI is InChI=1S/C18H22N2O2/c1-13-9-10-15(12-14(13)2)20-18(21)8-5-11-22-17-7-4-3-6-16(17)19/h3-4,6-7,9-10,12H,5,8,11,19H2,1-2H3,(H,20,21). The summed E-state index contributed by atoms with van der Waals surface area (Å²) in [5.74, 6) is 0.657. The number of nitrogens with two attached hydrogens (primary N) is 1. The molecule has 0 spiro atoms. The van der Waals surface area contributed by atoms with E-state index in [9.17, 15) is 4.79 Å². The van der Waals surface area contributed by atoms with Crippen LogP contribution in [0, 0.1) is 13.8 Å². The Morgan fingerprint density at radius 1 is 1.14 bits per heavy atom. The lowest BCUT2D eigenvalue weighted by Gasteiger charge is -2.09. The van der Waals surface area contributed by atoms with Gasteiger partial charge in [-0.1, -0.05) is 18.2 Å². The van der Waals surface area contributed by atoms with Gasteiger partial charge in [-0.2, -0.15) is 0 Å². The monoisotopic (exact) mass is 298 g/mol. The maximum absolute atomic E-state index is 11.9. The molecule has 2 rings (SSSR count). The highest BCUT2D eigenvalue weighted by molar-refractivity contribution is 5.90. The van der Waals surface area contributed by atoms with Crippen LogP contribution in [0.3, 0.4) is 0 Å². The van der Waals surface area contributed by atoms with Crippen LogP contribution in [-0.2, 0) is 4.79 Å². The van der Waals surface area contributed by atoms with Gasteiger partial charge in [0.1, 0.15) is 5.75 Å². The molecule has 0 aliphatic carbocycles. The van der Waals surface area contributed by atoms with Crippen molar-refractivity contribution in [3.8, 4) is 5.75 Å². The minimum Gasteiger partial charge on any atom is -0.491 e. The van der Waals surface area contributed by atoms with Gasteiger partial charge in [-0.05, 0) is 55.7 Å². The van der Waals surface area contributed by atoms with E-state index in [0.29, 0.717) is 30.9 Å². The Hall–Kier alpha value is -2.49. The van der Waals surface area contributed by atoms with Crippen LogP contribution in [0.4, 0.5) is 11.4 Å². The minimum absolute atomic E-state index is 0.00659. The van der Waals surface area contributed by atoms with Crippen LogP contribution in [0.5, 0.6) is 5.75 Å². The molecule has 0 fully saturated rings. The van der Waals surface area contributed by atoms with Crippen LogP contribution >= 0.6 is 0 Å². The fourth-order valence-corrected chi connectivity index (χ4v) is 2.07. The Morgan fingerprint density at radius 2 is 1.91 bits per heavy atom. The largest absolute Gasteiger partial charge is 0.491 e. The molecule has 0 saturated carbocycles. The summed E-state index contributed by atoms with van der Waals surface area (Å²) in [6.07, 6.45) is 1.06. The number of anilines is 2. The fourth-order valence-electron chi connectivity index (χ4n) is 2.07. The van der Waals surface area contributed by atoms with Crippen LogP contribution < -0.4 is 15.8 Å². The van der Waals surface area contributed by atoms with Gasteiger partial charge in [0.05, 0.1) is 12.3 Å². The second-order valence-corrected chi connectivity index (χ2v) is 5.34. The van der Waals surface area contributed by atoms with Gasteiger partial charge in [0.2, 0.25) is 5.91 Å². The quantitative estimate of drug-likeness (QED) is 0.631. The Kier molecular flexibility index (Phi) is 5.42. The van der Waals surface area contributed by atoms with E-state index in [1.807, 2.05) is 50.2 Å². The number of aryl methyl sites for hydroxylation is 2. The van der Waals surface area contributed by atoms with E-state index < -0.39 is 0 Å². The number of benzene rings is 2. The van der Waals surface area contributed by atoms with Crippen LogP contribution in [-0.4, -0.2) is 12.5 Å². The van der Waals surface area contributed by atoms with E-state index in [-0.39, 0.29) is 5.91 Å². The number of para-hydroxylation sites is 2. The lowest BCUT2D eigenvalue weighted by molar-refractivity contribution is -0.116. The highest BCUT2D eigenvalue weighted by Crippen LogP contribution is 2.20. The molecule has 22 heavy (non-hydrogen) atoms. The molecule has 0 bridgehead atoms. The second kappa shape index (κ2) is 7.50. The summed E-state index contributed by atoms with van der Waals surface area (Å²) >= 11 is 0. The lowest BCUT2D eigenvalue weighted by atomic mass is 10.1. The molecule has 116 valence electrons. The molecule has 3 N–H and O–H groups in total. The van der Waals surface area contributed by atoms with Gasteiger partial charge in [-0.25, -0.2) is 0 Å². The molecular formula is C18H22N2O2. The third kappa shape index (κ3) is 4.52. The highest BCUT2D eigenvalue weighted by atomic mass is 16.5.